The number of nitrogens with zero attached hydrogens (tertiary/aromatic N) is 1. The summed E-state index contributed by atoms with van der Waals surface area (Å²) in [5.41, 5.74) is 1.35. The van der Waals surface area contributed by atoms with Crippen LogP contribution in [0.2, 0.25) is 0 Å². The topological polar surface area (TPSA) is 78.5 Å². The van der Waals surface area contributed by atoms with Gasteiger partial charge in [-0.2, -0.15) is 0 Å². The highest BCUT2D eigenvalue weighted by Gasteiger charge is 2.36. The summed E-state index contributed by atoms with van der Waals surface area (Å²) >= 11 is 5.12. The predicted molar refractivity (Wildman–Crippen MR) is 114 cm³/mol. The van der Waals surface area contributed by atoms with Crippen LogP contribution in [0.1, 0.15) is 31.1 Å². The molecule has 0 fully saturated rings. The number of thiocarbonyl (C=S) groups is 1. The molecule has 148 valence electrons. The fourth-order valence-electron chi connectivity index (χ4n) is 3.12. The van der Waals surface area contributed by atoms with Crippen molar-refractivity contribution >= 4 is 46.4 Å². The zero-order valence-corrected chi connectivity index (χ0v) is 16.2. The van der Waals surface area contributed by atoms with Crippen LogP contribution in [-0.2, 0) is 0 Å². The number of carbonyl (C=O) groups is 3. The Labute approximate surface area is 176 Å². The summed E-state index contributed by atoms with van der Waals surface area (Å²) in [5, 5.41) is 5.15. The largest absolute Gasteiger partial charge is 0.332 e. The minimum atomic E-state index is -0.692. The smallest absolute Gasteiger partial charge is 0.266 e. The van der Waals surface area contributed by atoms with E-state index in [9.17, 15) is 18.8 Å². The molecule has 0 unspecified atom stereocenters. The molecule has 1 aliphatic rings. The van der Waals surface area contributed by atoms with Gasteiger partial charge in [0.25, 0.3) is 17.7 Å². The summed E-state index contributed by atoms with van der Waals surface area (Å²) in [5.74, 6) is -2.18. The molecular formula is C22H14FN3O3S. The Morgan fingerprint density at radius 3 is 2.17 bits per heavy atom. The first-order valence-corrected chi connectivity index (χ1v) is 9.31. The first-order chi connectivity index (χ1) is 14.5. The molecule has 0 saturated heterocycles. The van der Waals surface area contributed by atoms with Crippen molar-refractivity contribution < 1.29 is 18.8 Å². The lowest BCUT2D eigenvalue weighted by Gasteiger charge is -2.16. The number of rotatable bonds is 3. The Balaban J connectivity index is 1.50. The van der Waals surface area contributed by atoms with Gasteiger partial charge in [-0.05, 0) is 54.7 Å². The second kappa shape index (κ2) is 7.84. The fraction of sp³-hybridized carbons (Fsp3) is 0. The van der Waals surface area contributed by atoms with Gasteiger partial charge in [-0.3, -0.25) is 19.7 Å². The molecule has 1 aliphatic heterocycles. The number of amides is 3. The van der Waals surface area contributed by atoms with Crippen LogP contribution in [0.3, 0.4) is 0 Å². The molecule has 3 amide bonds. The Morgan fingerprint density at radius 2 is 1.50 bits per heavy atom. The molecule has 30 heavy (non-hydrogen) atoms. The molecule has 3 aromatic carbocycles. The van der Waals surface area contributed by atoms with E-state index in [1.54, 1.807) is 54.6 Å². The number of anilines is 2. The maximum absolute atomic E-state index is 13.7. The summed E-state index contributed by atoms with van der Waals surface area (Å²) in [6.45, 7) is 0. The number of hydrogen-bond donors (Lipinski definition) is 2. The SMILES string of the molecule is O=C(NC(=S)Nc1cccc(N2C(=O)c3ccccc3C2=O)c1)c1ccccc1F. The van der Waals surface area contributed by atoms with E-state index in [0.29, 0.717) is 22.5 Å². The van der Waals surface area contributed by atoms with Crippen LogP contribution in [0.4, 0.5) is 15.8 Å². The van der Waals surface area contributed by atoms with Crippen molar-refractivity contribution in [2.24, 2.45) is 0 Å². The van der Waals surface area contributed by atoms with E-state index < -0.39 is 23.5 Å². The Bertz CT molecular complexity index is 1180. The number of fused-ring (bicyclic) bond motifs is 1. The van der Waals surface area contributed by atoms with Crippen molar-refractivity contribution in [3.05, 3.63) is 95.3 Å². The maximum atomic E-state index is 13.7. The summed E-state index contributed by atoms with van der Waals surface area (Å²) in [6, 6.07) is 18.6. The van der Waals surface area contributed by atoms with Gasteiger partial charge in [0.05, 0.1) is 22.4 Å². The van der Waals surface area contributed by atoms with Crippen molar-refractivity contribution in [1.29, 1.82) is 0 Å². The molecule has 3 aromatic rings. The third-order valence-corrected chi connectivity index (χ3v) is 4.71. The minimum Gasteiger partial charge on any atom is -0.332 e. The number of halogens is 1. The third-order valence-electron chi connectivity index (χ3n) is 4.50. The van der Waals surface area contributed by atoms with E-state index in [1.165, 1.54) is 18.2 Å². The molecular weight excluding hydrogens is 405 g/mol. The Hall–Kier alpha value is -3.91. The zero-order chi connectivity index (χ0) is 21.3. The van der Waals surface area contributed by atoms with Crippen LogP contribution in [0.25, 0.3) is 0 Å². The van der Waals surface area contributed by atoms with Gasteiger partial charge in [-0.25, -0.2) is 9.29 Å². The van der Waals surface area contributed by atoms with Gasteiger partial charge in [0.15, 0.2) is 5.11 Å². The van der Waals surface area contributed by atoms with Crippen molar-refractivity contribution in [2.75, 3.05) is 10.2 Å². The quantitative estimate of drug-likeness (QED) is 0.499. The van der Waals surface area contributed by atoms with Gasteiger partial charge in [0.1, 0.15) is 5.82 Å². The molecule has 1 heterocycles. The number of imide groups is 1. The number of carbonyl (C=O) groups excluding carboxylic acids is 3. The van der Waals surface area contributed by atoms with Gasteiger partial charge < -0.3 is 5.32 Å². The molecule has 0 bridgehead atoms. The lowest BCUT2D eigenvalue weighted by atomic mass is 10.1. The lowest BCUT2D eigenvalue weighted by molar-refractivity contribution is 0.0923. The molecule has 0 saturated carbocycles. The Morgan fingerprint density at radius 1 is 0.867 bits per heavy atom. The van der Waals surface area contributed by atoms with Crippen LogP contribution >= 0.6 is 12.2 Å². The van der Waals surface area contributed by atoms with Crippen LogP contribution in [-0.4, -0.2) is 22.8 Å². The summed E-state index contributed by atoms with van der Waals surface area (Å²) in [7, 11) is 0. The van der Waals surface area contributed by atoms with Crippen molar-refractivity contribution in [2.45, 2.75) is 0 Å². The van der Waals surface area contributed by atoms with Gasteiger partial charge in [-0.1, -0.05) is 30.3 Å². The van der Waals surface area contributed by atoms with Crippen LogP contribution < -0.4 is 15.5 Å². The second-order valence-corrected chi connectivity index (χ2v) is 6.84. The first kappa shape index (κ1) is 19.4. The average Bonchev–Trinajstić information content (AvgIpc) is 2.99. The average molecular weight is 419 g/mol. The summed E-state index contributed by atoms with van der Waals surface area (Å²) in [6.07, 6.45) is 0. The highest BCUT2D eigenvalue weighted by Crippen LogP contribution is 2.29. The van der Waals surface area contributed by atoms with Crippen LogP contribution in [0.5, 0.6) is 0 Å². The van der Waals surface area contributed by atoms with E-state index in [0.717, 1.165) is 4.90 Å². The molecule has 0 aliphatic carbocycles. The third kappa shape index (κ3) is 3.56. The second-order valence-electron chi connectivity index (χ2n) is 6.43. The zero-order valence-electron chi connectivity index (χ0n) is 15.4. The number of hydrogen-bond acceptors (Lipinski definition) is 4. The molecule has 8 heteroatoms. The van der Waals surface area contributed by atoms with Crippen LogP contribution in [0.15, 0.2) is 72.8 Å². The summed E-state index contributed by atoms with van der Waals surface area (Å²) in [4.78, 5) is 38.5. The van der Waals surface area contributed by atoms with E-state index in [4.69, 9.17) is 12.2 Å². The van der Waals surface area contributed by atoms with E-state index in [-0.39, 0.29) is 10.7 Å². The fourth-order valence-corrected chi connectivity index (χ4v) is 3.34. The molecule has 0 radical (unpaired) electrons. The van der Waals surface area contributed by atoms with Crippen molar-refractivity contribution in [3.8, 4) is 0 Å². The standard InChI is InChI=1S/C22H14FN3O3S/c23-18-11-4-3-10-17(18)19(27)25-22(30)24-13-6-5-7-14(12-13)26-20(28)15-8-1-2-9-16(15)21(26)29/h1-12H,(H2,24,25,27,30). The number of nitrogens with one attached hydrogen (secondary N) is 2. The van der Waals surface area contributed by atoms with E-state index >= 15 is 0 Å². The maximum Gasteiger partial charge on any atom is 0.266 e. The van der Waals surface area contributed by atoms with Gasteiger partial charge in [0.2, 0.25) is 0 Å². The Kier molecular flexibility index (Phi) is 5.07. The monoisotopic (exact) mass is 419 g/mol. The lowest BCUT2D eigenvalue weighted by Crippen LogP contribution is -2.34. The molecule has 0 aromatic heterocycles. The van der Waals surface area contributed by atoms with Crippen molar-refractivity contribution in [3.63, 3.8) is 0 Å². The van der Waals surface area contributed by atoms with Gasteiger partial charge in [0, 0.05) is 5.69 Å². The number of benzene rings is 3. The van der Waals surface area contributed by atoms with Crippen molar-refractivity contribution in [1.82, 2.24) is 5.32 Å². The highest BCUT2D eigenvalue weighted by molar-refractivity contribution is 7.80. The van der Waals surface area contributed by atoms with Gasteiger partial charge >= 0.3 is 0 Å². The minimum absolute atomic E-state index is 0.0530. The molecule has 0 spiro atoms. The molecule has 4 rings (SSSR count). The van der Waals surface area contributed by atoms with E-state index in [1.807, 2.05) is 0 Å². The molecule has 0 atom stereocenters. The normalized spacial score (nSPS) is 12.5. The highest BCUT2D eigenvalue weighted by atomic mass is 32.1. The predicted octanol–water partition coefficient (Wildman–Crippen LogP) is 3.75. The van der Waals surface area contributed by atoms with Gasteiger partial charge in [-0.15, -0.1) is 0 Å². The first-order valence-electron chi connectivity index (χ1n) is 8.90. The van der Waals surface area contributed by atoms with Crippen LogP contribution in [0, 0.1) is 5.82 Å². The molecule has 6 nitrogen and oxygen atoms in total. The van der Waals surface area contributed by atoms with E-state index in [2.05, 4.69) is 10.6 Å². The molecule has 2 N–H and O–H groups in total. The summed E-state index contributed by atoms with van der Waals surface area (Å²) < 4.78 is 13.7.